The summed E-state index contributed by atoms with van der Waals surface area (Å²) in [5.41, 5.74) is 2.25. The van der Waals surface area contributed by atoms with Gasteiger partial charge in [0.15, 0.2) is 11.5 Å². The zero-order chi connectivity index (χ0) is 13.7. The molecule has 0 bridgehead atoms. The Bertz CT molecular complexity index is 498. The van der Waals surface area contributed by atoms with E-state index in [0.29, 0.717) is 17.6 Å². The first-order chi connectivity index (χ1) is 8.99. The molecule has 0 amide bonds. The van der Waals surface area contributed by atoms with Crippen LogP contribution in [-0.4, -0.2) is 12.1 Å². The molecule has 1 aromatic carbocycles. The molecule has 2 aliphatic rings. The number of hydrogen-bond donors (Lipinski definition) is 0. The highest BCUT2D eigenvalue weighted by molar-refractivity contribution is 9.09. The first kappa shape index (κ1) is 13.3. The molecule has 2 atom stereocenters. The molecule has 0 radical (unpaired) electrons. The number of halogens is 1. The van der Waals surface area contributed by atoms with E-state index in [-0.39, 0.29) is 0 Å². The van der Waals surface area contributed by atoms with Crippen molar-refractivity contribution in [2.75, 3.05) is 12.1 Å². The van der Waals surface area contributed by atoms with Crippen molar-refractivity contribution in [3.05, 3.63) is 23.8 Å². The van der Waals surface area contributed by atoms with Crippen LogP contribution in [0.25, 0.3) is 0 Å². The van der Waals surface area contributed by atoms with E-state index in [9.17, 15) is 0 Å². The molecule has 1 aliphatic heterocycles. The molecule has 1 saturated carbocycles. The SMILES string of the molecule is CC1(C)C(CBr)C1(C)CCc1ccc2c(c1)OCO2. The van der Waals surface area contributed by atoms with Gasteiger partial charge in [0.1, 0.15) is 0 Å². The lowest BCUT2D eigenvalue weighted by Crippen LogP contribution is -2.05. The molecule has 104 valence electrons. The van der Waals surface area contributed by atoms with Crippen molar-refractivity contribution in [1.82, 2.24) is 0 Å². The maximum absolute atomic E-state index is 5.44. The Balaban J connectivity index is 1.67. The summed E-state index contributed by atoms with van der Waals surface area (Å²) in [6.07, 6.45) is 2.34. The predicted octanol–water partition coefficient (Wildman–Crippen LogP) is 4.41. The first-order valence-corrected chi connectivity index (χ1v) is 8.06. The monoisotopic (exact) mass is 324 g/mol. The van der Waals surface area contributed by atoms with E-state index in [1.165, 1.54) is 12.0 Å². The number of rotatable bonds is 4. The van der Waals surface area contributed by atoms with E-state index in [1.807, 2.05) is 6.07 Å². The standard InChI is InChI=1S/C16H21BrO2/c1-15(2)14(9-17)16(15,3)7-6-11-4-5-12-13(8-11)19-10-18-12/h4-5,8,14H,6-7,9-10H2,1-3H3. The summed E-state index contributed by atoms with van der Waals surface area (Å²) in [6, 6.07) is 6.32. The van der Waals surface area contributed by atoms with Crippen LogP contribution in [0.1, 0.15) is 32.8 Å². The average molecular weight is 325 g/mol. The van der Waals surface area contributed by atoms with Crippen molar-refractivity contribution < 1.29 is 9.47 Å². The Morgan fingerprint density at radius 3 is 2.63 bits per heavy atom. The Morgan fingerprint density at radius 2 is 1.95 bits per heavy atom. The van der Waals surface area contributed by atoms with Gasteiger partial charge < -0.3 is 9.47 Å². The molecule has 1 aromatic rings. The lowest BCUT2D eigenvalue weighted by atomic mass is 9.91. The van der Waals surface area contributed by atoms with Crippen LogP contribution < -0.4 is 9.47 Å². The van der Waals surface area contributed by atoms with Gasteiger partial charge in [-0.3, -0.25) is 0 Å². The van der Waals surface area contributed by atoms with E-state index >= 15 is 0 Å². The third-order valence-electron chi connectivity index (χ3n) is 5.55. The van der Waals surface area contributed by atoms with Crippen molar-refractivity contribution in [2.24, 2.45) is 16.7 Å². The van der Waals surface area contributed by atoms with Gasteiger partial charge in [0, 0.05) is 5.33 Å². The quantitative estimate of drug-likeness (QED) is 0.764. The van der Waals surface area contributed by atoms with Crippen molar-refractivity contribution in [3.8, 4) is 11.5 Å². The van der Waals surface area contributed by atoms with Crippen molar-refractivity contribution in [1.29, 1.82) is 0 Å². The highest BCUT2D eigenvalue weighted by Gasteiger charge is 2.65. The van der Waals surface area contributed by atoms with Gasteiger partial charge >= 0.3 is 0 Å². The molecule has 2 nitrogen and oxygen atoms in total. The summed E-state index contributed by atoms with van der Waals surface area (Å²) in [5.74, 6) is 2.56. The molecule has 1 aliphatic carbocycles. The summed E-state index contributed by atoms with van der Waals surface area (Å²) in [7, 11) is 0. The number of fused-ring (bicyclic) bond motifs is 1. The van der Waals surface area contributed by atoms with Gasteiger partial charge in [-0.15, -0.1) is 0 Å². The summed E-state index contributed by atoms with van der Waals surface area (Å²) in [6.45, 7) is 7.55. The van der Waals surface area contributed by atoms with Crippen molar-refractivity contribution >= 4 is 15.9 Å². The second-order valence-electron chi connectivity index (χ2n) is 6.53. The van der Waals surface area contributed by atoms with Crippen LogP contribution in [0.2, 0.25) is 0 Å². The summed E-state index contributed by atoms with van der Waals surface area (Å²) in [5, 5.41) is 1.11. The third-order valence-corrected chi connectivity index (χ3v) is 6.20. The topological polar surface area (TPSA) is 18.5 Å². The molecule has 3 rings (SSSR count). The number of hydrogen-bond acceptors (Lipinski definition) is 2. The minimum atomic E-state index is 0.356. The molecule has 19 heavy (non-hydrogen) atoms. The highest BCUT2D eigenvalue weighted by atomic mass is 79.9. The maximum Gasteiger partial charge on any atom is 0.231 e. The molecule has 0 aromatic heterocycles. The number of alkyl halides is 1. The fourth-order valence-corrected chi connectivity index (χ4v) is 5.08. The Kier molecular flexibility index (Phi) is 3.08. The van der Waals surface area contributed by atoms with Crippen molar-refractivity contribution in [3.63, 3.8) is 0 Å². The molecule has 3 heteroatoms. The van der Waals surface area contributed by atoms with Crippen LogP contribution in [0.3, 0.4) is 0 Å². The molecular weight excluding hydrogens is 304 g/mol. The Labute approximate surface area is 123 Å². The minimum absolute atomic E-state index is 0.356. The van der Waals surface area contributed by atoms with E-state index in [4.69, 9.17) is 9.47 Å². The van der Waals surface area contributed by atoms with E-state index < -0.39 is 0 Å². The van der Waals surface area contributed by atoms with Gasteiger partial charge in [-0.05, 0) is 47.3 Å². The lowest BCUT2D eigenvalue weighted by Gasteiger charge is -2.14. The van der Waals surface area contributed by atoms with Crippen LogP contribution in [0, 0.1) is 16.7 Å². The minimum Gasteiger partial charge on any atom is -0.454 e. The largest absolute Gasteiger partial charge is 0.454 e. The first-order valence-electron chi connectivity index (χ1n) is 6.93. The highest BCUT2D eigenvalue weighted by Crippen LogP contribution is 2.71. The van der Waals surface area contributed by atoms with Gasteiger partial charge in [0.2, 0.25) is 6.79 Å². The predicted molar refractivity (Wildman–Crippen MR) is 80.1 cm³/mol. The molecule has 1 heterocycles. The smallest absolute Gasteiger partial charge is 0.231 e. The van der Waals surface area contributed by atoms with E-state index in [1.54, 1.807) is 0 Å². The zero-order valence-electron chi connectivity index (χ0n) is 11.8. The van der Waals surface area contributed by atoms with Gasteiger partial charge in [-0.25, -0.2) is 0 Å². The van der Waals surface area contributed by atoms with Gasteiger partial charge in [-0.2, -0.15) is 0 Å². The summed E-state index contributed by atoms with van der Waals surface area (Å²) >= 11 is 3.66. The molecule has 0 spiro atoms. The van der Waals surface area contributed by atoms with E-state index in [2.05, 4.69) is 48.8 Å². The van der Waals surface area contributed by atoms with E-state index in [0.717, 1.165) is 29.2 Å². The Morgan fingerprint density at radius 1 is 1.21 bits per heavy atom. The molecule has 2 unspecified atom stereocenters. The number of benzene rings is 1. The van der Waals surface area contributed by atoms with Gasteiger partial charge in [0.25, 0.3) is 0 Å². The van der Waals surface area contributed by atoms with Gasteiger partial charge in [0.05, 0.1) is 0 Å². The third kappa shape index (κ3) is 1.97. The molecule has 0 N–H and O–H groups in total. The van der Waals surface area contributed by atoms with Gasteiger partial charge in [-0.1, -0.05) is 42.8 Å². The fourth-order valence-electron chi connectivity index (χ4n) is 3.56. The second kappa shape index (κ2) is 4.41. The molecule has 0 saturated heterocycles. The van der Waals surface area contributed by atoms with Crippen LogP contribution in [0.5, 0.6) is 11.5 Å². The van der Waals surface area contributed by atoms with Crippen LogP contribution in [-0.2, 0) is 6.42 Å². The second-order valence-corrected chi connectivity index (χ2v) is 7.18. The van der Waals surface area contributed by atoms with Crippen LogP contribution in [0.15, 0.2) is 18.2 Å². The normalized spacial score (nSPS) is 30.4. The number of aryl methyl sites for hydroxylation is 1. The lowest BCUT2D eigenvalue weighted by molar-refractivity contribution is 0.174. The van der Waals surface area contributed by atoms with Crippen LogP contribution >= 0.6 is 15.9 Å². The Hall–Kier alpha value is -0.700. The van der Waals surface area contributed by atoms with Crippen LogP contribution in [0.4, 0.5) is 0 Å². The summed E-state index contributed by atoms with van der Waals surface area (Å²) < 4.78 is 10.8. The fraction of sp³-hybridized carbons (Fsp3) is 0.625. The zero-order valence-corrected chi connectivity index (χ0v) is 13.4. The van der Waals surface area contributed by atoms with Crippen molar-refractivity contribution in [2.45, 2.75) is 33.6 Å². The molecular formula is C16H21BrO2. The summed E-state index contributed by atoms with van der Waals surface area (Å²) in [4.78, 5) is 0. The molecule has 1 fully saturated rings. The average Bonchev–Trinajstić information content (AvgIpc) is 2.71. The maximum atomic E-state index is 5.44. The number of ether oxygens (including phenoxy) is 2.